The highest BCUT2D eigenvalue weighted by atomic mass is 35.5. The number of aromatic nitrogens is 2. The molecule has 4 heterocycles. The van der Waals surface area contributed by atoms with Crippen molar-refractivity contribution in [3.63, 3.8) is 0 Å². The van der Waals surface area contributed by atoms with Gasteiger partial charge in [0.15, 0.2) is 5.82 Å². The Morgan fingerprint density at radius 1 is 0.883 bits per heavy atom. The van der Waals surface area contributed by atoms with Crippen molar-refractivity contribution in [2.24, 2.45) is 0 Å². The van der Waals surface area contributed by atoms with Crippen LogP contribution in [0.1, 0.15) is 60.9 Å². The van der Waals surface area contributed by atoms with E-state index in [0.717, 1.165) is 75.2 Å². The molecule has 7 rings (SSSR count). The second-order valence-electron chi connectivity index (χ2n) is 14.8. The van der Waals surface area contributed by atoms with Crippen LogP contribution in [0.25, 0.3) is 0 Å². The summed E-state index contributed by atoms with van der Waals surface area (Å²) in [4.78, 5) is 50.1. The van der Waals surface area contributed by atoms with Crippen molar-refractivity contribution in [1.29, 1.82) is 0 Å². The first-order valence-corrected chi connectivity index (χ1v) is 22.1. The topological polar surface area (TPSA) is 188 Å². The van der Waals surface area contributed by atoms with Crippen molar-refractivity contribution in [3.05, 3.63) is 83.0 Å². The van der Waals surface area contributed by atoms with E-state index in [-0.39, 0.29) is 29.2 Å². The third-order valence-electron chi connectivity index (χ3n) is 11.2. The Morgan fingerprint density at radius 2 is 1.65 bits per heavy atom. The van der Waals surface area contributed by atoms with Crippen LogP contribution in [0.15, 0.2) is 66.9 Å². The number of carbonyl (C=O) groups is 3. The number of methoxy groups -OCH3 is 1. The number of halogens is 1. The van der Waals surface area contributed by atoms with Gasteiger partial charge in [0.1, 0.15) is 16.8 Å². The quantitative estimate of drug-likeness (QED) is 0.0424. The van der Waals surface area contributed by atoms with Gasteiger partial charge in [0.2, 0.25) is 17.8 Å². The molecule has 0 radical (unpaired) electrons. The maximum absolute atomic E-state index is 13.2. The molecule has 1 unspecified atom stereocenters. The number of carbonyl (C=O) groups excluding carboxylic acids is 3. The number of para-hydroxylation sites is 1. The van der Waals surface area contributed by atoms with Crippen LogP contribution in [0, 0.1) is 0 Å². The van der Waals surface area contributed by atoms with Gasteiger partial charge in [-0.15, -0.1) is 0 Å². The van der Waals surface area contributed by atoms with E-state index in [1.165, 1.54) is 20.4 Å². The standard InChI is InChI=1S/C42H51ClN9O7P/c1-57-36-24-28(14-15-33(36)48-42-46-25-31(43)39(50-42)47-34-11-5-6-13-37(34)60(56,58-2)59-3)51-22-18-27(19-23-51)44-20-7-4-8-21-45-32-12-9-10-29-30(32)26-52(41(29)55)35-16-17-38(53)49-40(35)54/h5-6,9-15,24-25,27,35,44-45H,4,7-8,16-23,26H2,1-3H3,(H,49,53,54)(H2,46,47,48,50). The van der Waals surface area contributed by atoms with Gasteiger partial charge in [-0.1, -0.05) is 36.2 Å². The van der Waals surface area contributed by atoms with E-state index in [4.69, 9.17) is 25.4 Å². The van der Waals surface area contributed by atoms with Crippen LogP contribution in [0.4, 0.5) is 34.5 Å². The lowest BCUT2D eigenvalue weighted by molar-refractivity contribution is -0.136. The molecule has 0 bridgehead atoms. The highest BCUT2D eigenvalue weighted by molar-refractivity contribution is 7.62. The molecule has 3 amide bonds. The summed E-state index contributed by atoms with van der Waals surface area (Å²) < 4.78 is 29.4. The Kier molecular flexibility index (Phi) is 13.9. The molecule has 1 aromatic heterocycles. The minimum Gasteiger partial charge on any atom is -0.494 e. The molecular formula is C42H51ClN9O7P. The molecule has 3 aromatic carbocycles. The molecule has 5 N–H and O–H groups in total. The Bertz CT molecular complexity index is 2250. The van der Waals surface area contributed by atoms with Crippen molar-refractivity contribution >= 4 is 76.7 Å². The van der Waals surface area contributed by atoms with E-state index >= 15 is 0 Å². The van der Waals surface area contributed by atoms with Crippen LogP contribution < -0.4 is 41.5 Å². The summed E-state index contributed by atoms with van der Waals surface area (Å²) in [6, 6.07) is 18.4. The minimum atomic E-state index is -3.56. The lowest BCUT2D eigenvalue weighted by atomic mass is 10.0. The third-order valence-corrected chi connectivity index (χ3v) is 13.4. The van der Waals surface area contributed by atoms with Crippen LogP contribution in [0.2, 0.25) is 5.02 Å². The second kappa shape index (κ2) is 19.4. The van der Waals surface area contributed by atoms with Gasteiger partial charge < -0.3 is 44.9 Å². The molecule has 0 saturated carbocycles. The van der Waals surface area contributed by atoms with Gasteiger partial charge in [0, 0.05) is 81.4 Å². The summed E-state index contributed by atoms with van der Waals surface area (Å²) in [7, 11) is 0.729. The molecule has 4 aromatic rings. The smallest absolute Gasteiger partial charge is 0.362 e. The van der Waals surface area contributed by atoms with Crippen LogP contribution in [0.5, 0.6) is 5.75 Å². The number of anilines is 6. The molecule has 2 saturated heterocycles. The first-order valence-electron chi connectivity index (χ1n) is 20.1. The largest absolute Gasteiger partial charge is 0.494 e. The van der Waals surface area contributed by atoms with E-state index in [2.05, 4.69) is 47.5 Å². The number of rotatable bonds is 18. The predicted molar refractivity (Wildman–Crippen MR) is 232 cm³/mol. The summed E-state index contributed by atoms with van der Waals surface area (Å²) in [5, 5.41) is 16.6. The van der Waals surface area contributed by atoms with Crippen molar-refractivity contribution in [2.45, 2.75) is 63.6 Å². The number of amides is 3. The second-order valence-corrected chi connectivity index (χ2v) is 17.5. The van der Waals surface area contributed by atoms with Crippen LogP contribution in [-0.2, 0) is 29.7 Å². The molecule has 2 fully saturated rings. The summed E-state index contributed by atoms with van der Waals surface area (Å²) in [6.45, 7) is 3.93. The van der Waals surface area contributed by atoms with Crippen molar-refractivity contribution < 1.29 is 32.7 Å². The summed E-state index contributed by atoms with van der Waals surface area (Å²) >= 11 is 6.47. The third kappa shape index (κ3) is 9.69. The van der Waals surface area contributed by atoms with Gasteiger partial charge >= 0.3 is 7.60 Å². The van der Waals surface area contributed by atoms with E-state index in [0.29, 0.717) is 52.8 Å². The van der Waals surface area contributed by atoms with Crippen molar-refractivity contribution in [2.75, 3.05) is 68.4 Å². The van der Waals surface area contributed by atoms with Gasteiger partial charge in [-0.05, 0) is 75.0 Å². The first kappa shape index (κ1) is 42.9. The zero-order valence-corrected chi connectivity index (χ0v) is 35.6. The number of hydrogen-bond donors (Lipinski definition) is 5. The number of fused-ring (bicyclic) bond motifs is 1. The summed E-state index contributed by atoms with van der Waals surface area (Å²) in [6.07, 6.45) is 7.24. The molecule has 0 aliphatic carbocycles. The molecule has 3 aliphatic heterocycles. The van der Waals surface area contributed by atoms with E-state index in [1.807, 2.05) is 24.3 Å². The number of piperidine rings is 2. The average molecular weight is 860 g/mol. The molecule has 16 nitrogen and oxygen atoms in total. The Morgan fingerprint density at radius 3 is 2.42 bits per heavy atom. The van der Waals surface area contributed by atoms with Gasteiger partial charge in [-0.3, -0.25) is 24.3 Å². The number of unbranched alkanes of at least 4 members (excludes halogenated alkanes) is 2. The maximum atomic E-state index is 13.2. The van der Waals surface area contributed by atoms with E-state index in [9.17, 15) is 18.9 Å². The summed E-state index contributed by atoms with van der Waals surface area (Å²) in [5.41, 5.74) is 4.67. The Labute approximate surface area is 354 Å². The van der Waals surface area contributed by atoms with Crippen LogP contribution >= 0.6 is 19.2 Å². The SMILES string of the molecule is COc1cc(N2CCC(NCCCCCNc3cccc4c3CN(C3CCC(=O)NC3=O)C4=O)CC2)ccc1Nc1ncc(Cl)c(Nc2ccccc2P(=O)(OC)OC)n1. The van der Waals surface area contributed by atoms with E-state index < -0.39 is 19.5 Å². The highest BCUT2D eigenvalue weighted by Crippen LogP contribution is 2.47. The summed E-state index contributed by atoms with van der Waals surface area (Å²) in [5.74, 6) is 0.378. The van der Waals surface area contributed by atoms with Gasteiger partial charge in [-0.25, -0.2) is 4.98 Å². The highest BCUT2D eigenvalue weighted by Gasteiger charge is 2.40. The Hall–Kier alpha value is -5.25. The first-order chi connectivity index (χ1) is 29.1. The maximum Gasteiger partial charge on any atom is 0.362 e. The van der Waals surface area contributed by atoms with Gasteiger partial charge in [0.05, 0.1) is 30.0 Å². The lowest BCUT2D eigenvalue weighted by Gasteiger charge is -2.34. The number of ether oxygens (including phenoxy) is 1. The molecule has 18 heteroatoms. The zero-order chi connectivity index (χ0) is 42.2. The van der Waals surface area contributed by atoms with Crippen LogP contribution in [0.3, 0.4) is 0 Å². The average Bonchev–Trinajstić information content (AvgIpc) is 3.60. The molecule has 3 aliphatic rings. The predicted octanol–water partition coefficient (Wildman–Crippen LogP) is 6.34. The molecular weight excluding hydrogens is 809 g/mol. The fraction of sp³-hybridized carbons (Fsp3) is 0.405. The van der Waals surface area contributed by atoms with Crippen molar-refractivity contribution in [3.8, 4) is 5.75 Å². The van der Waals surface area contributed by atoms with Crippen molar-refractivity contribution in [1.82, 2.24) is 25.5 Å². The monoisotopic (exact) mass is 859 g/mol. The molecule has 318 valence electrons. The number of imide groups is 1. The fourth-order valence-electron chi connectivity index (χ4n) is 7.88. The lowest BCUT2D eigenvalue weighted by Crippen LogP contribution is -2.52. The number of nitrogens with one attached hydrogen (secondary N) is 5. The number of hydrogen-bond acceptors (Lipinski definition) is 14. The number of benzene rings is 3. The molecule has 60 heavy (non-hydrogen) atoms. The van der Waals surface area contributed by atoms with E-state index in [1.54, 1.807) is 42.3 Å². The molecule has 0 spiro atoms. The minimum absolute atomic E-state index is 0.161. The fourth-order valence-corrected chi connectivity index (χ4v) is 9.26. The van der Waals surface area contributed by atoms with Gasteiger partial charge in [0.25, 0.3) is 5.91 Å². The normalized spacial score (nSPS) is 17.1. The van der Waals surface area contributed by atoms with Gasteiger partial charge in [-0.2, -0.15) is 4.98 Å². The van der Waals surface area contributed by atoms with Crippen LogP contribution in [-0.4, -0.2) is 92.2 Å². The Balaban J connectivity index is 0.842. The zero-order valence-electron chi connectivity index (χ0n) is 34.0. The number of nitrogens with zero attached hydrogens (tertiary/aromatic N) is 4. The molecule has 1 atom stereocenters.